The SMILES string of the molecule is CCn1c(NN)nc(-c2ccc(OC)cc2)c(C#N)c1=O. The van der Waals surface area contributed by atoms with E-state index in [1.807, 2.05) is 6.07 Å². The normalized spacial score (nSPS) is 10.0. The Morgan fingerprint density at radius 1 is 1.43 bits per heavy atom. The summed E-state index contributed by atoms with van der Waals surface area (Å²) < 4.78 is 6.39. The zero-order valence-corrected chi connectivity index (χ0v) is 11.8. The van der Waals surface area contributed by atoms with Crippen LogP contribution in [0.3, 0.4) is 0 Å². The van der Waals surface area contributed by atoms with Crippen molar-refractivity contribution in [3.63, 3.8) is 0 Å². The summed E-state index contributed by atoms with van der Waals surface area (Å²) in [6.45, 7) is 2.14. The number of nitrogens with zero attached hydrogens (tertiary/aromatic N) is 3. The molecule has 0 radical (unpaired) electrons. The molecule has 0 fully saturated rings. The van der Waals surface area contributed by atoms with Crippen molar-refractivity contribution >= 4 is 5.95 Å². The van der Waals surface area contributed by atoms with Crippen molar-refractivity contribution in [3.05, 3.63) is 40.2 Å². The molecule has 0 unspecified atom stereocenters. The molecular formula is C14H15N5O2. The van der Waals surface area contributed by atoms with Gasteiger partial charge in [-0.3, -0.25) is 14.8 Å². The quantitative estimate of drug-likeness (QED) is 0.643. The molecule has 0 amide bonds. The summed E-state index contributed by atoms with van der Waals surface area (Å²) in [5, 5.41) is 9.27. The van der Waals surface area contributed by atoms with Gasteiger partial charge in [-0.1, -0.05) is 0 Å². The smallest absolute Gasteiger partial charge is 0.273 e. The van der Waals surface area contributed by atoms with E-state index in [0.29, 0.717) is 23.6 Å². The molecule has 0 saturated heterocycles. The zero-order chi connectivity index (χ0) is 15.4. The lowest BCUT2D eigenvalue weighted by Crippen LogP contribution is -2.29. The van der Waals surface area contributed by atoms with Gasteiger partial charge in [0.15, 0.2) is 0 Å². The first kappa shape index (κ1) is 14.6. The minimum Gasteiger partial charge on any atom is -0.497 e. The fraction of sp³-hybridized carbons (Fsp3) is 0.214. The molecule has 0 aliphatic carbocycles. The Hall–Kier alpha value is -2.85. The molecule has 1 aromatic heterocycles. The molecule has 0 bridgehead atoms. The van der Waals surface area contributed by atoms with Crippen molar-refractivity contribution in [3.8, 4) is 23.1 Å². The Kier molecular flexibility index (Phi) is 4.21. The third-order valence-corrected chi connectivity index (χ3v) is 3.09. The number of nitriles is 1. The van der Waals surface area contributed by atoms with Crippen LogP contribution in [0.15, 0.2) is 29.1 Å². The van der Waals surface area contributed by atoms with Crippen molar-refractivity contribution in [2.24, 2.45) is 5.84 Å². The van der Waals surface area contributed by atoms with Gasteiger partial charge in [0.05, 0.1) is 12.8 Å². The van der Waals surface area contributed by atoms with E-state index in [1.54, 1.807) is 38.3 Å². The number of benzene rings is 1. The Morgan fingerprint density at radius 2 is 2.10 bits per heavy atom. The lowest BCUT2D eigenvalue weighted by atomic mass is 10.1. The Balaban J connectivity index is 2.70. The van der Waals surface area contributed by atoms with Crippen LogP contribution in [0.5, 0.6) is 5.75 Å². The van der Waals surface area contributed by atoms with Gasteiger partial charge < -0.3 is 4.74 Å². The summed E-state index contributed by atoms with van der Waals surface area (Å²) in [6.07, 6.45) is 0. The molecule has 0 aliphatic heterocycles. The third kappa shape index (κ3) is 2.57. The number of nitrogen functional groups attached to an aromatic ring is 1. The first-order chi connectivity index (χ1) is 10.2. The number of hydrogen-bond acceptors (Lipinski definition) is 6. The largest absolute Gasteiger partial charge is 0.497 e. The van der Waals surface area contributed by atoms with Gasteiger partial charge in [-0.15, -0.1) is 0 Å². The summed E-state index contributed by atoms with van der Waals surface area (Å²) >= 11 is 0. The molecular weight excluding hydrogens is 270 g/mol. The molecule has 2 aromatic rings. The van der Waals surface area contributed by atoms with Crippen molar-refractivity contribution in [2.45, 2.75) is 13.5 Å². The molecule has 21 heavy (non-hydrogen) atoms. The second-order valence-electron chi connectivity index (χ2n) is 4.19. The van der Waals surface area contributed by atoms with Gasteiger partial charge in [0, 0.05) is 12.1 Å². The highest BCUT2D eigenvalue weighted by Crippen LogP contribution is 2.23. The lowest BCUT2D eigenvalue weighted by molar-refractivity contribution is 0.415. The molecule has 1 aromatic carbocycles. The number of nitrogens with one attached hydrogen (secondary N) is 1. The van der Waals surface area contributed by atoms with Crippen LogP contribution in [0.4, 0.5) is 5.95 Å². The highest BCUT2D eigenvalue weighted by atomic mass is 16.5. The molecule has 108 valence electrons. The first-order valence-electron chi connectivity index (χ1n) is 6.32. The van der Waals surface area contributed by atoms with E-state index in [0.717, 1.165) is 0 Å². The minimum atomic E-state index is -0.422. The van der Waals surface area contributed by atoms with Gasteiger partial charge in [-0.05, 0) is 31.2 Å². The van der Waals surface area contributed by atoms with Gasteiger partial charge in [-0.2, -0.15) is 5.26 Å². The van der Waals surface area contributed by atoms with Crippen molar-refractivity contribution < 1.29 is 4.74 Å². The highest BCUT2D eigenvalue weighted by molar-refractivity contribution is 5.67. The van der Waals surface area contributed by atoms with E-state index in [1.165, 1.54) is 4.57 Å². The predicted molar refractivity (Wildman–Crippen MR) is 78.7 cm³/mol. The topological polar surface area (TPSA) is 106 Å². The van der Waals surface area contributed by atoms with E-state index in [2.05, 4.69) is 10.4 Å². The van der Waals surface area contributed by atoms with E-state index < -0.39 is 5.56 Å². The van der Waals surface area contributed by atoms with E-state index >= 15 is 0 Å². The second-order valence-corrected chi connectivity index (χ2v) is 4.19. The van der Waals surface area contributed by atoms with Gasteiger partial charge in [0.1, 0.15) is 17.4 Å². The van der Waals surface area contributed by atoms with Crippen LogP contribution in [0.25, 0.3) is 11.3 Å². The minimum absolute atomic E-state index is 0.0129. The van der Waals surface area contributed by atoms with Gasteiger partial charge in [0.25, 0.3) is 5.56 Å². The fourth-order valence-corrected chi connectivity index (χ4v) is 2.02. The third-order valence-electron chi connectivity index (χ3n) is 3.09. The number of rotatable bonds is 4. The molecule has 2 rings (SSSR count). The number of anilines is 1. The van der Waals surface area contributed by atoms with Crippen LogP contribution in [0.1, 0.15) is 12.5 Å². The Labute approximate surface area is 121 Å². The number of methoxy groups -OCH3 is 1. The van der Waals surface area contributed by atoms with Crippen LogP contribution < -0.4 is 21.6 Å². The molecule has 3 N–H and O–H groups in total. The number of hydrogen-bond donors (Lipinski definition) is 2. The van der Waals surface area contributed by atoms with Crippen LogP contribution in [0.2, 0.25) is 0 Å². The average molecular weight is 285 g/mol. The molecule has 0 atom stereocenters. The predicted octanol–water partition coefficient (Wildman–Crippen LogP) is 1.10. The lowest BCUT2D eigenvalue weighted by Gasteiger charge is -2.12. The van der Waals surface area contributed by atoms with Crippen LogP contribution >= 0.6 is 0 Å². The van der Waals surface area contributed by atoms with Crippen LogP contribution in [-0.2, 0) is 6.54 Å². The van der Waals surface area contributed by atoms with Crippen molar-refractivity contribution in [1.82, 2.24) is 9.55 Å². The Morgan fingerprint density at radius 3 is 2.57 bits per heavy atom. The number of ether oxygens (including phenoxy) is 1. The Bertz CT molecular complexity index is 744. The fourth-order valence-electron chi connectivity index (χ4n) is 2.02. The van der Waals surface area contributed by atoms with Crippen LogP contribution in [-0.4, -0.2) is 16.7 Å². The van der Waals surface area contributed by atoms with Crippen molar-refractivity contribution in [1.29, 1.82) is 5.26 Å². The highest BCUT2D eigenvalue weighted by Gasteiger charge is 2.16. The first-order valence-corrected chi connectivity index (χ1v) is 6.32. The van der Waals surface area contributed by atoms with E-state index in [-0.39, 0.29) is 11.5 Å². The van der Waals surface area contributed by atoms with Crippen LogP contribution in [0, 0.1) is 11.3 Å². The second kappa shape index (κ2) is 6.07. The summed E-state index contributed by atoms with van der Waals surface area (Å²) in [4.78, 5) is 16.6. The monoisotopic (exact) mass is 285 g/mol. The molecule has 7 nitrogen and oxygen atoms in total. The standard InChI is InChI=1S/C14H15N5O2/c1-3-19-13(20)11(8-15)12(17-14(19)18-16)9-4-6-10(21-2)7-5-9/h4-7H,3,16H2,1-2H3,(H,17,18). The summed E-state index contributed by atoms with van der Waals surface area (Å²) in [6, 6.07) is 8.86. The average Bonchev–Trinajstić information content (AvgIpc) is 2.53. The number of hydrazine groups is 1. The molecule has 0 saturated carbocycles. The van der Waals surface area contributed by atoms with Gasteiger partial charge in [0.2, 0.25) is 5.95 Å². The number of nitrogens with two attached hydrogens (primary N) is 1. The maximum Gasteiger partial charge on any atom is 0.273 e. The molecule has 0 spiro atoms. The summed E-state index contributed by atoms with van der Waals surface area (Å²) in [5.41, 5.74) is 2.89. The van der Waals surface area contributed by atoms with Gasteiger partial charge >= 0.3 is 0 Å². The van der Waals surface area contributed by atoms with Crippen molar-refractivity contribution in [2.75, 3.05) is 12.5 Å². The van der Waals surface area contributed by atoms with E-state index in [9.17, 15) is 10.1 Å². The maximum atomic E-state index is 12.3. The summed E-state index contributed by atoms with van der Waals surface area (Å²) in [7, 11) is 1.56. The molecule has 7 heteroatoms. The summed E-state index contributed by atoms with van der Waals surface area (Å²) in [5.74, 6) is 6.30. The molecule has 0 aliphatic rings. The number of aromatic nitrogens is 2. The zero-order valence-electron chi connectivity index (χ0n) is 11.8. The maximum absolute atomic E-state index is 12.3. The molecule has 1 heterocycles. The van der Waals surface area contributed by atoms with Gasteiger partial charge in [-0.25, -0.2) is 10.8 Å². The van der Waals surface area contributed by atoms with E-state index in [4.69, 9.17) is 10.6 Å².